The molecule has 122 valence electrons. The smallest absolute Gasteiger partial charge is 0.339 e. The van der Waals surface area contributed by atoms with E-state index in [1.165, 1.54) is 24.3 Å². The fourth-order valence-corrected chi connectivity index (χ4v) is 2.92. The number of benzene rings is 2. The number of non-ortho nitro benzene ring substituents is 1. The standard InChI is InChI=1S/C15H9NO7S/c17-15-8-2-10-1-5-12(9-14(10)22-15)23-24(20,21)13-6-3-11(4-7-13)16(18)19/h1-9H. The molecule has 0 aliphatic heterocycles. The molecular formula is C15H9NO7S. The van der Waals surface area contributed by atoms with Crippen LogP contribution < -0.4 is 9.81 Å². The molecule has 8 nitrogen and oxygen atoms in total. The maximum Gasteiger partial charge on any atom is 0.339 e. The van der Waals surface area contributed by atoms with Gasteiger partial charge in [-0.2, -0.15) is 8.42 Å². The van der Waals surface area contributed by atoms with Gasteiger partial charge in [-0.05, 0) is 30.3 Å². The lowest BCUT2D eigenvalue weighted by atomic mass is 10.2. The van der Waals surface area contributed by atoms with Gasteiger partial charge < -0.3 is 8.60 Å². The van der Waals surface area contributed by atoms with Crippen molar-refractivity contribution < 1.29 is 21.9 Å². The van der Waals surface area contributed by atoms with Gasteiger partial charge in [0, 0.05) is 29.7 Å². The van der Waals surface area contributed by atoms with Crippen LogP contribution in [-0.4, -0.2) is 13.3 Å². The number of hydrogen-bond donors (Lipinski definition) is 0. The minimum absolute atomic E-state index is 0.0461. The van der Waals surface area contributed by atoms with E-state index in [2.05, 4.69) is 0 Å². The molecule has 0 radical (unpaired) electrons. The Morgan fingerprint density at radius 2 is 1.67 bits per heavy atom. The first-order valence-corrected chi connectivity index (χ1v) is 7.99. The molecule has 1 aromatic heterocycles. The first-order valence-electron chi connectivity index (χ1n) is 6.58. The summed E-state index contributed by atoms with van der Waals surface area (Å²) >= 11 is 0. The molecule has 0 unspecified atom stereocenters. The molecular weight excluding hydrogens is 338 g/mol. The molecule has 0 atom stereocenters. The summed E-state index contributed by atoms with van der Waals surface area (Å²) in [6.45, 7) is 0. The van der Waals surface area contributed by atoms with E-state index < -0.39 is 20.7 Å². The predicted molar refractivity (Wildman–Crippen MR) is 83.4 cm³/mol. The van der Waals surface area contributed by atoms with Crippen molar-refractivity contribution >= 4 is 26.8 Å². The van der Waals surface area contributed by atoms with Gasteiger partial charge in [-0.15, -0.1) is 0 Å². The van der Waals surface area contributed by atoms with Gasteiger partial charge in [0.05, 0.1) is 4.92 Å². The highest BCUT2D eigenvalue weighted by atomic mass is 32.2. The van der Waals surface area contributed by atoms with Gasteiger partial charge in [-0.1, -0.05) is 0 Å². The summed E-state index contributed by atoms with van der Waals surface area (Å²) in [5.74, 6) is -0.0461. The molecule has 0 bridgehead atoms. The van der Waals surface area contributed by atoms with Crippen molar-refractivity contribution in [3.8, 4) is 5.75 Å². The second-order valence-electron chi connectivity index (χ2n) is 4.74. The highest BCUT2D eigenvalue weighted by Gasteiger charge is 2.18. The van der Waals surface area contributed by atoms with Gasteiger partial charge in [0.2, 0.25) is 0 Å². The second-order valence-corrected chi connectivity index (χ2v) is 6.29. The highest BCUT2D eigenvalue weighted by Crippen LogP contribution is 2.24. The van der Waals surface area contributed by atoms with Crippen molar-refractivity contribution in [1.29, 1.82) is 0 Å². The third-order valence-corrected chi connectivity index (χ3v) is 4.40. The monoisotopic (exact) mass is 347 g/mol. The van der Waals surface area contributed by atoms with Gasteiger partial charge in [0.1, 0.15) is 16.2 Å². The van der Waals surface area contributed by atoms with Crippen LogP contribution in [0.25, 0.3) is 11.0 Å². The van der Waals surface area contributed by atoms with Crippen LogP contribution in [-0.2, 0) is 10.1 Å². The van der Waals surface area contributed by atoms with Crippen LogP contribution in [0.2, 0.25) is 0 Å². The van der Waals surface area contributed by atoms with Crippen LogP contribution >= 0.6 is 0 Å². The van der Waals surface area contributed by atoms with Crippen LogP contribution in [0.5, 0.6) is 5.75 Å². The zero-order valence-corrected chi connectivity index (χ0v) is 12.7. The number of nitro benzene ring substituents is 1. The second kappa shape index (κ2) is 5.78. The van der Waals surface area contributed by atoms with Crippen LogP contribution in [0, 0.1) is 10.1 Å². The number of rotatable bonds is 4. The quantitative estimate of drug-likeness (QED) is 0.308. The normalized spacial score (nSPS) is 11.3. The Bertz CT molecular complexity index is 1080. The first-order chi connectivity index (χ1) is 11.3. The Morgan fingerprint density at radius 1 is 1.00 bits per heavy atom. The maximum absolute atomic E-state index is 12.2. The van der Waals surface area contributed by atoms with E-state index in [1.807, 2.05) is 0 Å². The molecule has 9 heteroatoms. The largest absolute Gasteiger partial charge is 0.423 e. The molecule has 24 heavy (non-hydrogen) atoms. The zero-order valence-electron chi connectivity index (χ0n) is 11.9. The van der Waals surface area contributed by atoms with E-state index in [0.29, 0.717) is 5.39 Å². The number of nitrogens with zero attached hydrogens (tertiary/aromatic N) is 1. The fourth-order valence-electron chi connectivity index (χ4n) is 2.00. The lowest BCUT2D eigenvalue weighted by molar-refractivity contribution is -0.384. The SMILES string of the molecule is O=c1ccc2ccc(OS(=O)(=O)c3ccc([N+](=O)[O-])cc3)cc2o1. The molecule has 1 heterocycles. The molecule has 2 aromatic carbocycles. The van der Waals surface area contributed by atoms with Gasteiger partial charge in [0.25, 0.3) is 5.69 Å². The third-order valence-electron chi connectivity index (χ3n) is 3.14. The van der Waals surface area contributed by atoms with E-state index in [-0.39, 0.29) is 21.9 Å². The maximum atomic E-state index is 12.2. The summed E-state index contributed by atoms with van der Waals surface area (Å²) in [5, 5.41) is 11.2. The Kier molecular flexibility index (Phi) is 3.78. The fraction of sp³-hybridized carbons (Fsp3) is 0. The van der Waals surface area contributed by atoms with Crippen LogP contribution in [0.3, 0.4) is 0 Å². The van der Waals surface area contributed by atoms with E-state index in [4.69, 9.17) is 8.60 Å². The summed E-state index contributed by atoms with van der Waals surface area (Å²) in [7, 11) is -4.18. The molecule has 0 saturated carbocycles. The van der Waals surface area contributed by atoms with Crippen molar-refractivity contribution in [3.63, 3.8) is 0 Å². The number of hydrogen-bond acceptors (Lipinski definition) is 7. The minimum Gasteiger partial charge on any atom is -0.423 e. The molecule has 0 spiro atoms. The van der Waals surface area contributed by atoms with Crippen molar-refractivity contribution in [2.45, 2.75) is 4.90 Å². The van der Waals surface area contributed by atoms with E-state index in [9.17, 15) is 23.3 Å². The third kappa shape index (κ3) is 3.10. The lowest BCUT2D eigenvalue weighted by Gasteiger charge is -2.07. The van der Waals surface area contributed by atoms with Crippen LogP contribution in [0.4, 0.5) is 5.69 Å². The summed E-state index contributed by atoms with van der Waals surface area (Å²) in [5.41, 5.74) is -0.627. The molecule has 0 aliphatic carbocycles. The minimum atomic E-state index is -4.18. The average Bonchev–Trinajstić information content (AvgIpc) is 2.54. The van der Waals surface area contributed by atoms with Gasteiger partial charge in [0.15, 0.2) is 0 Å². The molecule has 3 rings (SSSR count). The first kappa shape index (κ1) is 15.7. The molecule has 0 N–H and O–H groups in total. The number of nitro groups is 1. The molecule has 0 aliphatic rings. The molecule has 3 aromatic rings. The molecule has 0 fully saturated rings. The molecule has 0 saturated heterocycles. The van der Waals surface area contributed by atoms with Crippen molar-refractivity contribution in [1.82, 2.24) is 0 Å². The Balaban J connectivity index is 1.93. The van der Waals surface area contributed by atoms with Crippen molar-refractivity contribution in [3.05, 3.63) is 75.1 Å². The summed E-state index contributed by atoms with van der Waals surface area (Å²) < 4.78 is 34.3. The summed E-state index contributed by atoms with van der Waals surface area (Å²) in [4.78, 5) is 20.9. The molecule has 0 amide bonds. The average molecular weight is 347 g/mol. The Morgan fingerprint density at radius 3 is 2.33 bits per heavy atom. The number of fused-ring (bicyclic) bond motifs is 1. The van der Waals surface area contributed by atoms with Crippen molar-refractivity contribution in [2.24, 2.45) is 0 Å². The van der Waals surface area contributed by atoms with Gasteiger partial charge >= 0.3 is 15.7 Å². The van der Waals surface area contributed by atoms with Gasteiger partial charge in [-0.25, -0.2) is 4.79 Å². The van der Waals surface area contributed by atoms with E-state index in [0.717, 1.165) is 24.3 Å². The predicted octanol–water partition coefficient (Wildman–Crippen LogP) is 2.47. The Labute approximate surface area is 135 Å². The van der Waals surface area contributed by atoms with Crippen LogP contribution in [0.1, 0.15) is 0 Å². The lowest BCUT2D eigenvalue weighted by Crippen LogP contribution is -2.09. The van der Waals surface area contributed by atoms with Crippen molar-refractivity contribution in [2.75, 3.05) is 0 Å². The topological polar surface area (TPSA) is 117 Å². The van der Waals surface area contributed by atoms with Crippen LogP contribution in [0.15, 0.2) is 68.7 Å². The summed E-state index contributed by atoms with van der Waals surface area (Å²) in [6, 6.07) is 11.3. The van der Waals surface area contributed by atoms with E-state index >= 15 is 0 Å². The van der Waals surface area contributed by atoms with E-state index in [1.54, 1.807) is 6.07 Å². The highest BCUT2D eigenvalue weighted by molar-refractivity contribution is 7.87. The summed E-state index contributed by atoms with van der Waals surface area (Å²) in [6.07, 6.45) is 0. The Hall–Kier alpha value is -3.20. The van der Waals surface area contributed by atoms with Gasteiger partial charge in [-0.3, -0.25) is 10.1 Å². The zero-order chi connectivity index (χ0) is 17.3.